The van der Waals surface area contributed by atoms with Crippen LogP contribution in [-0.2, 0) is 4.79 Å². The number of hydrogen-bond acceptors (Lipinski definition) is 3. The SMILES string of the molecule is C/C(=C\C(=O)NS)N(C)C. The van der Waals surface area contributed by atoms with Gasteiger partial charge in [0.15, 0.2) is 0 Å². The minimum absolute atomic E-state index is 0.200. The van der Waals surface area contributed by atoms with Crippen LogP contribution in [0.3, 0.4) is 0 Å². The van der Waals surface area contributed by atoms with Crippen LogP contribution in [0.4, 0.5) is 0 Å². The van der Waals surface area contributed by atoms with Crippen molar-refractivity contribution in [3.05, 3.63) is 11.8 Å². The molecule has 0 spiro atoms. The van der Waals surface area contributed by atoms with Gasteiger partial charge in [-0.2, -0.15) is 0 Å². The van der Waals surface area contributed by atoms with E-state index >= 15 is 0 Å². The van der Waals surface area contributed by atoms with E-state index in [4.69, 9.17) is 0 Å². The van der Waals surface area contributed by atoms with Crippen LogP contribution in [-0.4, -0.2) is 24.9 Å². The van der Waals surface area contributed by atoms with E-state index < -0.39 is 0 Å². The Morgan fingerprint density at radius 2 is 2.10 bits per heavy atom. The topological polar surface area (TPSA) is 32.3 Å². The first kappa shape index (κ1) is 9.36. The van der Waals surface area contributed by atoms with Crippen LogP contribution in [0.25, 0.3) is 0 Å². The van der Waals surface area contributed by atoms with E-state index in [0.717, 1.165) is 5.70 Å². The summed E-state index contributed by atoms with van der Waals surface area (Å²) in [6.07, 6.45) is 1.48. The fourth-order valence-electron chi connectivity index (χ4n) is 0.351. The molecule has 0 aromatic carbocycles. The Labute approximate surface area is 66.6 Å². The van der Waals surface area contributed by atoms with Crippen molar-refractivity contribution in [1.29, 1.82) is 0 Å². The standard InChI is InChI=1S/C6H12N2OS/c1-5(8(2)3)4-6(9)7-10/h4,10H,1-3H3,(H,7,9)/b5-4+. The van der Waals surface area contributed by atoms with Crippen molar-refractivity contribution >= 4 is 18.7 Å². The molecule has 0 saturated carbocycles. The molecule has 58 valence electrons. The van der Waals surface area contributed by atoms with Crippen LogP contribution in [0.1, 0.15) is 6.92 Å². The summed E-state index contributed by atoms with van der Waals surface area (Å²) in [5.74, 6) is -0.200. The van der Waals surface area contributed by atoms with Gasteiger partial charge in [0.25, 0.3) is 5.91 Å². The maximum absolute atomic E-state index is 10.6. The summed E-state index contributed by atoms with van der Waals surface area (Å²) in [7, 11) is 3.75. The molecule has 0 aromatic heterocycles. The first-order valence-corrected chi connectivity index (χ1v) is 3.32. The van der Waals surface area contributed by atoms with E-state index in [9.17, 15) is 4.79 Å². The van der Waals surface area contributed by atoms with E-state index in [1.807, 2.05) is 25.9 Å². The highest BCUT2D eigenvalue weighted by atomic mass is 32.1. The van der Waals surface area contributed by atoms with Gasteiger partial charge in [-0.05, 0) is 6.92 Å². The number of nitrogens with zero attached hydrogens (tertiary/aromatic N) is 1. The molecule has 0 aliphatic rings. The third-order valence-corrected chi connectivity index (χ3v) is 1.38. The number of hydrogen-bond donors (Lipinski definition) is 2. The fraction of sp³-hybridized carbons (Fsp3) is 0.500. The molecule has 0 saturated heterocycles. The number of nitrogens with one attached hydrogen (secondary N) is 1. The van der Waals surface area contributed by atoms with Gasteiger partial charge in [0.1, 0.15) is 0 Å². The summed E-state index contributed by atoms with van der Waals surface area (Å²) in [6.45, 7) is 1.85. The fourth-order valence-corrected chi connectivity index (χ4v) is 0.416. The highest BCUT2D eigenvalue weighted by Crippen LogP contribution is 1.94. The summed E-state index contributed by atoms with van der Waals surface area (Å²) < 4.78 is 2.20. The van der Waals surface area contributed by atoms with Crippen molar-refractivity contribution in [2.24, 2.45) is 0 Å². The number of allylic oxidation sites excluding steroid dienone is 1. The molecule has 10 heavy (non-hydrogen) atoms. The average molecular weight is 160 g/mol. The van der Waals surface area contributed by atoms with Crippen molar-refractivity contribution in [1.82, 2.24) is 9.62 Å². The Hall–Kier alpha value is -0.640. The lowest BCUT2D eigenvalue weighted by Crippen LogP contribution is -2.14. The van der Waals surface area contributed by atoms with Gasteiger partial charge in [-0.3, -0.25) is 9.52 Å². The largest absolute Gasteiger partial charge is 0.381 e. The Morgan fingerprint density at radius 1 is 1.60 bits per heavy atom. The third kappa shape index (κ3) is 3.40. The van der Waals surface area contributed by atoms with Crippen LogP contribution in [0, 0.1) is 0 Å². The molecule has 0 rings (SSSR count). The zero-order valence-electron chi connectivity index (χ0n) is 6.38. The van der Waals surface area contributed by atoms with Gasteiger partial charge in [-0.15, -0.1) is 0 Å². The monoisotopic (exact) mass is 160 g/mol. The van der Waals surface area contributed by atoms with Crippen molar-refractivity contribution in [3.8, 4) is 0 Å². The lowest BCUT2D eigenvalue weighted by atomic mass is 10.4. The second-order valence-electron chi connectivity index (χ2n) is 2.16. The maximum atomic E-state index is 10.6. The quantitative estimate of drug-likeness (QED) is 0.453. The highest BCUT2D eigenvalue weighted by molar-refractivity contribution is 7.78. The Morgan fingerprint density at radius 3 is 2.40 bits per heavy atom. The zero-order chi connectivity index (χ0) is 8.15. The highest BCUT2D eigenvalue weighted by Gasteiger charge is 1.94. The molecule has 0 aliphatic heterocycles. The van der Waals surface area contributed by atoms with E-state index in [2.05, 4.69) is 17.5 Å². The predicted octanol–water partition coefficient (Wildman–Crippen LogP) is 0.413. The molecule has 1 N–H and O–H groups in total. The van der Waals surface area contributed by atoms with Crippen molar-refractivity contribution in [2.45, 2.75) is 6.92 Å². The van der Waals surface area contributed by atoms with E-state index in [-0.39, 0.29) is 5.91 Å². The van der Waals surface area contributed by atoms with Crippen molar-refractivity contribution in [2.75, 3.05) is 14.1 Å². The van der Waals surface area contributed by atoms with Gasteiger partial charge in [-0.1, -0.05) is 12.8 Å². The van der Waals surface area contributed by atoms with E-state index in [1.165, 1.54) is 6.08 Å². The molecule has 0 radical (unpaired) electrons. The molecule has 4 heteroatoms. The molecule has 3 nitrogen and oxygen atoms in total. The predicted molar refractivity (Wildman–Crippen MR) is 44.6 cm³/mol. The zero-order valence-corrected chi connectivity index (χ0v) is 7.27. The summed E-state index contributed by atoms with van der Waals surface area (Å²) in [4.78, 5) is 12.5. The minimum atomic E-state index is -0.200. The Balaban J connectivity index is 4.03. The summed E-state index contributed by atoms with van der Waals surface area (Å²) >= 11 is 3.60. The van der Waals surface area contributed by atoms with Gasteiger partial charge in [-0.25, -0.2) is 0 Å². The van der Waals surface area contributed by atoms with Crippen LogP contribution in [0.5, 0.6) is 0 Å². The second kappa shape index (κ2) is 4.22. The summed E-state index contributed by atoms with van der Waals surface area (Å²) in [5.41, 5.74) is 0.895. The first-order chi connectivity index (χ1) is 4.57. The van der Waals surface area contributed by atoms with Crippen LogP contribution >= 0.6 is 12.8 Å². The second-order valence-corrected chi connectivity index (χ2v) is 2.38. The molecule has 0 heterocycles. The molecule has 0 aromatic rings. The molecule has 0 atom stereocenters. The first-order valence-electron chi connectivity index (χ1n) is 2.87. The lowest BCUT2D eigenvalue weighted by molar-refractivity contribution is -0.114. The van der Waals surface area contributed by atoms with Gasteiger partial charge in [0.2, 0.25) is 0 Å². The van der Waals surface area contributed by atoms with Gasteiger partial charge in [0.05, 0.1) is 0 Å². The molecule has 1 amide bonds. The maximum Gasteiger partial charge on any atom is 0.255 e. The molecule has 0 bridgehead atoms. The van der Waals surface area contributed by atoms with Crippen LogP contribution in [0.2, 0.25) is 0 Å². The number of carbonyl (C=O) groups excluding carboxylic acids is 1. The average Bonchev–Trinajstić information content (AvgIpc) is 1.87. The molecule has 0 fully saturated rings. The normalized spacial score (nSPS) is 11.0. The van der Waals surface area contributed by atoms with E-state index in [1.54, 1.807) is 0 Å². The Kier molecular flexibility index (Phi) is 3.95. The van der Waals surface area contributed by atoms with Crippen molar-refractivity contribution in [3.63, 3.8) is 0 Å². The molecular weight excluding hydrogens is 148 g/mol. The number of thiol groups is 1. The van der Waals surface area contributed by atoms with Gasteiger partial charge < -0.3 is 4.90 Å². The molecule has 0 unspecified atom stereocenters. The molecule has 0 aliphatic carbocycles. The third-order valence-electron chi connectivity index (χ3n) is 1.16. The smallest absolute Gasteiger partial charge is 0.255 e. The molecular formula is C6H12N2OS. The van der Waals surface area contributed by atoms with Gasteiger partial charge >= 0.3 is 0 Å². The number of rotatable bonds is 2. The summed E-state index contributed by atoms with van der Waals surface area (Å²) in [5, 5.41) is 0. The number of amides is 1. The van der Waals surface area contributed by atoms with Crippen molar-refractivity contribution < 1.29 is 4.79 Å². The Bertz CT molecular complexity index is 154. The summed E-state index contributed by atoms with van der Waals surface area (Å²) in [6, 6.07) is 0. The van der Waals surface area contributed by atoms with Crippen LogP contribution < -0.4 is 4.72 Å². The van der Waals surface area contributed by atoms with E-state index in [0.29, 0.717) is 0 Å². The minimum Gasteiger partial charge on any atom is -0.381 e. The lowest BCUT2D eigenvalue weighted by Gasteiger charge is -2.11. The van der Waals surface area contributed by atoms with Gasteiger partial charge in [0, 0.05) is 25.9 Å². The van der Waals surface area contributed by atoms with Crippen LogP contribution in [0.15, 0.2) is 11.8 Å². The number of carbonyl (C=O) groups is 1.